The number of nitrogens with zero attached hydrogens (tertiary/aromatic N) is 1. The molecule has 0 saturated carbocycles. The number of ether oxygens (including phenoxy) is 1. The first-order valence-electron chi connectivity index (χ1n) is 7.17. The summed E-state index contributed by atoms with van der Waals surface area (Å²) in [5.74, 6) is -0.639. The molecule has 0 fully saturated rings. The number of nitrogens with one attached hydrogen (secondary N) is 2. The molecule has 0 aliphatic rings. The molecule has 1 aromatic heterocycles. The molecule has 1 heterocycles. The molecule has 0 aliphatic carbocycles. The molecule has 0 unspecified atom stereocenters. The van der Waals surface area contributed by atoms with Crippen molar-refractivity contribution in [1.29, 1.82) is 0 Å². The van der Waals surface area contributed by atoms with Crippen LogP contribution < -0.4 is 10.1 Å². The van der Waals surface area contributed by atoms with Crippen LogP contribution in [0.1, 0.15) is 33.7 Å². The molecule has 1 amide bonds. The van der Waals surface area contributed by atoms with Gasteiger partial charge < -0.3 is 10.1 Å². The number of halogens is 1. The Kier molecular flexibility index (Phi) is 5.14. The maximum atomic E-state index is 13.7. The fraction of sp³-hybridized carbons (Fsp3) is 0.375. The summed E-state index contributed by atoms with van der Waals surface area (Å²) >= 11 is 0. The number of aromatic amines is 1. The molecule has 6 heteroatoms. The highest BCUT2D eigenvalue weighted by atomic mass is 19.1. The Hall–Kier alpha value is -2.37. The van der Waals surface area contributed by atoms with Gasteiger partial charge in [-0.3, -0.25) is 9.89 Å². The zero-order valence-electron chi connectivity index (χ0n) is 13.0. The van der Waals surface area contributed by atoms with Gasteiger partial charge in [0.25, 0.3) is 5.91 Å². The van der Waals surface area contributed by atoms with Crippen molar-refractivity contribution in [3.05, 3.63) is 46.5 Å². The van der Waals surface area contributed by atoms with Gasteiger partial charge in [-0.2, -0.15) is 5.10 Å². The number of aryl methyl sites for hydroxylation is 2. The number of carbonyl (C=O) groups is 1. The van der Waals surface area contributed by atoms with Gasteiger partial charge in [-0.25, -0.2) is 4.39 Å². The molecule has 0 bridgehead atoms. The van der Waals surface area contributed by atoms with Gasteiger partial charge in [0, 0.05) is 18.3 Å². The van der Waals surface area contributed by atoms with Crippen molar-refractivity contribution in [2.75, 3.05) is 13.7 Å². The highest BCUT2D eigenvalue weighted by molar-refractivity contribution is 5.94. The van der Waals surface area contributed by atoms with Gasteiger partial charge in [0.05, 0.1) is 12.3 Å². The standard InChI is InChI=1S/C16H20FN3O2/c1-10-13(11(2)20-19-10)5-4-8-22-15-9-12(16(21)18-3)6-7-14(15)17/h6-7,9H,4-5,8H2,1-3H3,(H,18,21)(H,19,20). The van der Waals surface area contributed by atoms with Crippen LogP contribution in [0.25, 0.3) is 0 Å². The lowest BCUT2D eigenvalue weighted by molar-refractivity contribution is 0.0962. The molecule has 0 saturated heterocycles. The summed E-state index contributed by atoms with van der Waals surface area (Å²) < 4.78 is 19.2. The monoisotopic (exact) mass is 305 g/mol. The molecule has 2 rings (SSSR count). The number of hydrogen-bond acceptors (Lipinski definition) is 3. The second-order valence-corrected chi connectivity index (χ2v) is 5.09. The minimum atomic E-state index is -0.469. The molecule has 5 nitrogen and oxygen atoms in total. The maximum absolute atomic E-state index is 13.7. The van der Waals surface area contributed by atoms with E-state index in [0.717, 1.165) is 24.2 Å². The first-order valence-corrected chi connectivity index (χ1v) is 7.17. The first kappa shape index (κ1) is 16.0. The van der Waals surface area contributed by atoms with Crippen molar-refractivity contribution in [1.82, 2.24) is 15.5 Å². The summed E-state index contributed by atoms with van der Waals surface area (Å²) in [7, 11) is 1.53. The zero-order chi connectivity index (χ0) is 16.1. The number of amides is 1. The number of rotatable bonds is 6. The van der Waals surface area contributed by atoms with Crippen LogP contribution in [-0.4, -0.2) is 29.8 Å². The van der Waals surface area contributed by atoms with Gasteiger partial charge >= 0.3 is 0 Å². The normalized spacial score (nSPS) is 10.5. The Morgan fingerprint density at radius 2 is 2.18 bits per heavy atom. The SMILES string of the molecule is CNC(=O)c1ccc(F)c(OCCCc2c(C)n[nH]c2C)c1. The van der Waals surface area contributed by atoms with Crippen LogP contribution in [0.5, 0.6) is 5.75 Å². The fourth-order valence-corrected chi connectivity index (χ4v) is 2.27. The molecular weight excluding hydrogens is 285 g/mol. The highest BCUT2D eigenvalue weighted by Gasteiger charge is 2.10. The summed E-state index contributed by atoms with van der Waals surface area (Å²) in [5.41, 5.74) is 3.57. The lowest BCUT2D eigenvalue weighted by Crippen LogP contribution is -2.17. The fourth-order valence-electron chi connectivity index (χ4n) is 2.27. The van der Waals surface area contributed by atoms with E-state index in [1.54, 1.807) is 0 Å². The summed E-state index contributed by atoms with van der Waals surface area (Å²) in [5, 5.41) is 9.57. The number of benzene rings is 1. The largest absolute Gasteiger partial charge is 0.490 e. The van der Waals surface area contributed by atoms with E-state index in [1.807, 2.05) is 13.8 Å². The second kappa shape index (κ2) is 7.06. The van der Waals surface area contributed by atoms with E-state index in [9.17, 15) is 9.18 Å². The third-order valence-corrected chi connectivity index (χ3v) is 3.53. The van der Waals surface area contributed by atoms with Crippen LogP contribution in [0.3, 0.4) is 0 Å². The third-order valence-electron chi connectivity index (χ3n) is 3.53. The van der Waals surface area contributed by atoms with E-state index in [1.165, 1.54) is 30.8 Å². The Balaban J connectivity index is 1.93. The quantitative estimate of drug-likeness (QED) is 0.806. The van der Waals surface area contributed by atoms with Crippen LogP contribution in [0, 0.1) is 19.7 Å². The lowest BCUT2D eigenvalue weighted by atomic mass is 10.1. The van der Waals surface area contributed by atoms with Crippen molar-refractivity contribution in [3.8, 4) is 5.75 Å². The molecule has 1 aromatic carbocycles. The molecule has 0 radical (unpaired) electrons. The number of H-pyrrole nitrogens is 1. The van der Waals surface area contributed by atoms with Gasteiger partial charge in [-0.1, -0.05) is 0 Å². The first-order chi connectivity index (χ1) is 10.5. The van der Waals surface area contributed by atoms with Crippen molar-refractivity contribution in [2.45, 2.75) is 26.7 Å². The van der Waals surface area contributed by atoms with Crippen molar-refractivity contribution in [2.24, 2.45) is 0 Å². The maximum Gasteiger partial charge on any atom is 0.251 e. The molecule has 0 atom stereocenters. The van der Waals surface area contributed by atoms with Gasteiger partial charge in [-0.15, -0.1) is 0 Å². The molecule has 22 heavy (non-hydrogen) atoms. The smallest absolute Gasteiger partial charge is 0.251 e. The van der Waals surface area contributed by atoms with E-state index >= 15 is 0 Å². The van der Waals surface area contributed by atoms with E-state index < -0.39 is 5.82 Å². The molecule has 2 aromatic rings. The molecular formula is C16H20FN3O2. The number of aromatic nitrogens is 2. The predicted molar refractivity (Wildman–Crippen MR) is 81.7 cm³/mol. The van der Waals surface area contributed by atoms with E-state index in [4.69, 9.17) is 4.74 Å². The average molecular weight is 305 g/mol. The second-order valence-electron chi connectivity index (χ2n) is 5.09. The van der Waals surface area contributed by atoms with E-state index in [-0.39, 0.29) is 11.7 Å². The summed E-state index contributed by atoms with van der Waals surface area (Å²) in [4.78, 5) is 11.5. The van der Waals surface area contributed by atoms with Crippen LogP contribution in [-0.2, 0) is 6.42 Å². The summed E-state index contributed by atoms with van der Waals surface area (Å²) in [6.45, 7) is 4.30. The molecule has 0 aliphatic heterocycles. The Morgan fingerprint density at radius 3 is 2.82 bits per heavy atom. The van der Waals surface area contributed by atoms with Crippen LogP contribution in [0.15, 0.2) is 18.2 Å². The van der Waals surface area contributed by atoms with Gasteiger partial charge in [0.15, 0.2) is 11.6 Å². The average Bonchev–Trinajstić information content (AvgIpc) is 2.83. The predicted octanol–water partition coefficient (Wildman–Crippen LogP) is 2.54. The third kappa shape index (κ3) is 3.63. The lowest BCUT2D eigenvalue weighted by Gasteiger charge is -2.09. The Bertz CT molecular complexity index is 648. The minimum absolute atomic E-state index is 0.0988. The Morgan fingerprint density at radius 1 is 1.41 bits per heavy atom. The number of hydrogen-bond donors (Lipinski definition) is 2. The highest BCUT2D eigenvalue weighted by Crippen LogP contribution is 2.19. The van der Waals surface area contributed by atoms with Crippen LogP contribution >= 0.6 is 0 Å². The van der Waals surface area contributed by atoms with Crippen molar-refractivity contribution >= 4 is 5.91 Å². The topological polar surface area (TPSA) is 67.0 Å². The van der Waals surface area contributed by atoms with Gasteiger partial charge in [-0.05, 0) is 50.5 Å². The van der Waals surface area contributed by atoms with Gasteiger partial charge in [0.2, 0.25) is 0 Å². The summed E-state index contributed by atoms with van der Waals surface area (Å²) in [6, 6.07) is 4.09. The van der Waals surface area contributed by atoms with Crippen molar-refractivity contribution < 1.29 is 13.9 Å². The van der Waals surface area contributed by atoms with Crippen molar-refractivity contribution in [3.63, 3.8) is 0 Å². The molecule has 0 spiro atoms. The minimum Gasteiger partial charge on any atom is -0.490 e. The molecule has 2 N–H and O–H groups in total. The number of carbonyl (C=O) groups excluding carboxylic acids is 1. The molecule has 118 valence electrons. The Labute approximate surface area is 128 Å². The summed E-state index contributed by atoms with van der Waals surface area (Å²) in [6.07, 6.45) is 1.55. The van der Waals surface area contributed by atoms with Crippen LogP contribution in [0.4, 0.5) is 4.39 Å². The van der Waals surface area contributed by atoms with Crippen LogP contribution in [0.2, 0.25) is 0 Å². The van der Waals surface area contributed by atoms with E-state index in [2.05, 4.69) is 15.5 Å². The zero-order valence-corrected chi connectivity index (χ0v) is 13.0. The van der Waals surface area contributed by atoms with Gasteiger partial charge in [0.1, 0.15) is 0 Å². The van der Waals surface area contributed by atoms with E-state index in [0.29, 0.717) is 12.2 Å².